The normalized spacial score (nSPS) is 19.8. The predicted molar refractivity (Wildman–Crippen MR) is 120 cm³/mol. The summed E-state index contributed by atoms with van der Waals surface area (Å²) in [6.07, 6.45) is 1.51. The maximum atomic E-state index is 13.0. The summed E-state index contributed by atoms with van der Waals surface area (Å²) in [5, 5.41) is 0. The van der Waals surface area contributed by atoms with Gasteiger partial charge in [-0.3, -0.25) is 14.4 Å². The standard InChI is InChI=1S/C21H32N4O5S/c1-15-13-23(10-11-24(15)20(27)30-21(2,3)4)14-19(26)25-9-8-16-6-7-17(12-18(16)25)22-31(5,28)29/h6-7,12,15,22H,8-11,13-14H2,1-5H3/t15-/m1/s1. The zero-order valence-corrected chi connectivity index (χ0v) is 19.7. The number of ether oxygens (including phenoxy) is 1. The van der Waals surface area contributed by atoms with Crippen molar-refractivity contribution in [2.75, 3.05) is 48.6 Å². The van der Waals surface area contributed by atoms with Gasteiger partial charge in [0.15, 0.2) is 0 Å². The third kappa shape index (κ3) is 6.10. The fraction of sp³-hybridized carbons (Fsp3) is 0.619. The van der Waals surface area contributed by atoms with Crippen LogP contribution in [0.4, 0.5) is 16.2 Å². The van der Waals surface area contributed by atoms with Crippen molar-refractivity contribution in [2.45, 2.75) is 45.8 Å². The van der Waals surface area contributed by atoms with Crippen LogP contribution in [-0.2, 0) is 26.0 Å². The predicted octanol–water partition coefficient (Wildman–Crippen LogP) is 1.89. The van der Waals surface area contributed by atoms with E-state index in [-0.39, 0.29) is 24.6 Å². The van der Waals surface area contributed by atoms with Gasteiger partial charge in [0.2, 0.25) is 15.9 Å². The summed E-state index contributed by atoms with van der Waals surface area (Å²) in [7, 11) is -3.39. The first-order valence-corrected chi connectivity index (χ1v) is 12.3. The lowest BCUT2D eigenvalue weighted by molar-refractivity contribution is -0.120. The highest BCUT2D eigenvalue weighted by Gasteiger charge is 2.33. The smallest absolute Gasteiger partial charge is 0.410 e. The minimum absolute atomic E-state index is 0.0341. The number of fused-ring (bicyclic) bond motifs is 1. The molecule has 3 rings (SSSR count). The van der Waals surface area contributed by atoms with E-state index in [1.54, 1.807) is 21.9 Å². The number of hydrogen-bond donors (Lipinski definition) is 1. The molecule has 1 aromatic carbocycles. The quantitative estimate of drug-likeness (QED) is 0.749. The minimum Gasteiger partial charge on any atom is -0.444 e. The van der Waals surface area contributed by atoms with Crippen molar-refractivity contribution < 1.29 is 22.7 Å². The van der Waals surface area contributed by atoms with Crippen LogP contribution in [0.15, 0.2) is 18.2 Å². The molecule has 10 heteroatoms. The van der Waals surface area contributed by atoms with Gasteiger partial charge < -0.3 is 14.5 Å². The molecule has 0 bridgehead atoms. The average Bonchev–Trinajstić information content (AvgIpc) is 3.02. The number of nitrogens with zero attached hydrogens (tertiary/aromatic N) is 3. The third-order valence-electron chi connectivity index (χ3n) is 5.28. The second kappa shape index (κ2) is 8.66. The Morgan fingerprint density at radius 3 is 2.52 bits per heavy atom. The highest BCUT2D eigenvalue weighted by atomic mass is 32.2. The highest BCUT2D eigenvalue weighted by molar-refractivity contribution is 7.92. The molecule has 1 aromatic rings. The van der Waals surface area contributed by atoms with E-state index < -0.39 is 15.6 Å². The van der Waals surface area contributed by atoms with Crippen LogP contribution in [0.2, 0.25) is 0 Å². The maximum Gasteiger partial charge on any atom is 0.410 e. The second-order valence-electron chi connectivity index (χ2n) is 9.27. The van der Waals surface area contributed by atoms with Gasteiger partial charge in [0.25, 0.3) is 0 Å². The Balaban J connectivity index is 1.61. The first-order chi connectivity index (χ1) is 14.3. The zero-order valence-electron chi connectivity index (χ0n) is 18.8. The summed E-state index contributed by atoms with van der Waals surface area (Å²) in [5.74, 6) is -0.0341. The van der Waals surface area contributed by atoms with E-state index in [0.717, 1.165) is 23.9 Å². The SMILES string of the molecule is C[C@@H]1CN(CC(=O)N2CCc3ccc(NS(C)(=O)=O)cc32)CCN1C(=O)OC(C)(C)C. The molecule has 1 N–H and O–H groups in total. The first-order valence-electron chi connectivity index (χ1n) is 10.5. The molecule has 1 saturated heterocycles. The molecule has 9 nitrogen and oxygen atoms in total. The van der Waals surface area contributed by atoms with Gasteiger partial charge in [-0.25, -0.2) is 13.2 Å². The fourth-order valence-corrected chi connectivity index (χ4v) is 4.52. The van der Waals surface area contributed by atoms with Crippen LogP contribution in [0.1, 0.15) is 33.3 Å². The van der Waals surface area contributed by atoms with E-state index in [1.165, 1.54) is 0 Å². The lowest BCUT2D eigenvalue weighted by Crippen LogP contribution is -2.56. The van der Waals surface area contributed by atoms with Crippen LogP contribution in [0, 0.1) is 0 Å². The van der Waals surface area contributed by atoms with E-state index in [9.17, 15) is 18.0 Å². The van der Waals surface area contributed by atoms with Crippen molar-refractivity contribution in [1.82, 2.24) is 9.80 Å². The minimum atomic E-state index is -3.39. The van der Waals surface area contributed by atoms with E-state index in [1.807, 2.05) is 38.7 Å². The molecule has 0 aromatic heterocycles. The Bertz CT molecular complexity index is 957. The van der Waals surface area contributed by atoms with Gasteiger partial charge in [-0.05, 0) is 51.8 Å². The van der Waals surface area contributed by atoms with E-state index in [2.05, 4.69) is 4.72 Å². The average molecular weight is 453 g/mol. The Labute approximate surface area is 184 Å². The maximum absolute atomic E-state index is 13.0. The topological polar surface area (TPSA) is 99.3 Å². The van der Waals surface area contributed by atoms with Crippen molar-refractivity contribution >= 4 is 33.4 Å². The molecule has 0 unspecified atom stereocenters. The number of benzene rings is 1. The number of piperazine rings is 1. The number of carbonyl (C=O) groups excluding carboxylic acids is 2. The Morgan fingerprint density at radius 1 is 1.19 bits per heavy atom. The van der Waals surface area contributed by atoms with Gasteiger partial charge in [0.05, 0.1) is 18.5 Å². The molecule has 2 aliphatic rings. The van der Waals surface area contributed by atoms with Gasteiger partial charge in [-0.1, -0.05) is 6.07 Å². The summed E-state index contributed by atoms with van der Waals surface area (Å²) < 4.78 is 31.0. The van der Waals surface area contributed by atoms with E-state index >= 15 is 0 Å². The largest absolute Gasteiger partial charge is 0.444 e. The highest BCUT2D eigenvalue weighted by Crippen LogP contribution is 2.31. The Morgan fingerprint density at radius 2 is 1.90 bits per heavy atom. The molecule has 0 aliphatic carbocycles. The van der Waals surface area contributed by atoms with Gasteiger partial charge in [0.1, 0.15) is 5.60 Å². The number of rotatable bonds is 4. The van der Waals surface area contributed by atoms with Gasteiger partial charge in [-0.15, -0.1) is 0 Å². The summed E-state index contributed by atoms with van der Waals surface area (Å²) in [5.41, 5.74) is 1.67. The van der Waals surface area contributed by atoms with Crippen molar-refractivity contribution in [1.29, 1.82) is 0 Å². The van der Waals surface area contributed by atoms with Crippen LogP contribution < -0.4 is 9.62 Å². The molecule has 1 fully saturated rings. The Hall–Kier alpha value is -2.33. The summed E-state index contributed by atoms with van der Waals surface area (Å²) >= 11 is 0. The Kier molecular flexibility index (Phi) is 6.52. The molecule has 2 amide bonds. The summed E-state index contributed by atoms with van der Waals surface area (Å²) in [4.78, 5) is 30.9. The number of carbonyl (C=O) groups is 2. The van der Waals surface area contributed by atoms with Gasteiger partial charge in [-0.2, -0.15) is 0 Å². The molecule has 2 aliphatic heterocycles. The second-order valence-corrected chi connectivity index (χ2v) is 11.0. The van der Waals surface area contributed by atoms with Crippen molar-refractivity contribution in [2.24, 2.45) is 0 Å². The summed E-state index contributed by atoms with van der Waals surface area (Å²) in [6.45, 7) is 9.98. The van der Waals surface area contributed by atoms with Crippen molar-refractivity contribution in [3.05, 3.63) is 23.8 Å². The number of sulfonamides is 1. The molecule has 1 atom stereocenters. The van der Waals surface area contributed by atoms with Crippen LogP contribution >= 0.6 is 0 Å². The van der Waals surface area contributed by atoms with Crippen molar-refractivity contribution in [3.63, 3.8) is 0 Å². The molecular weight excluding hydrogens is 420 g/mol. The van der Waals surface area contributed by atoms with E-state index in [0.29, 0.717) is 31.9 Å². The van der Waals surface area contributed by atoms with Crippen LogP contribution in [0.5, 0.6) is 0 Å². The lowest BCUT2D eigenvalue weighted by Gasteiger charge is -2.40. The monoisotopic (exact) mass is 452 g/mol. The van der Waals surface area contributed by atoms with Gasteiger partial charge in [0, 0.05) is 37.9 Å². The molecule has 0 saturated carbocycles. The van der Waals surface area contributed by atoms with Crippen LogP contribution in [0.3, 0.4) is 0 Å². The van der Waals surface area contributed by atoms with Crippen LogP contribution in [-0.4, -0.2) is 80.8 Å². The molecular formula is C21H32N4O5S. The van der Waals surface area contributed by atoms with Gasteiger partial charge >= 0.3 is 6.09 Å². The number of nitrogens with one attached hydrogen (secondary N) is 1. The van der Waals surface area contributed by atoms with E-state index in [4.69, 9.17) is 4.74 Å². The first kappa shape index (κ1) is 23.3. The number of hydrogen-bond acceptors (Lipinski definition) is 6. The third-order valence-corrected chi connectivity index (χ3v) is 5.89. The number of amides is 2. The molecule has 0 radical (unpaired) electrons. The zero-order chi connectivity index (χ0) is 23.0. The van der Waals surface area contributed by atoms with Crippen molar-refractivity contribution in [3.8, 4) is 0 Å². The molecule has 172 valence electrons. The molecule has 0 spiro atoms. The lowest BCUT2D eigenvalue weighted by atomic mass is 10.1. The number of anilines is 2. The molecule has 31 heavy (non-hydrogen) atoms. The summed E-state index contributed by atoms with van der Waals surface area (Å²) in [6, 6.07) is 5.22. The molecule has 2 heterocycles. The van der Waals surface area contributed by atoms with Crippen LogP contribution in [0.25, 0.3) is 0 Å². The fourth-order valence-electron chi connectivity index (χ4n) is 3.96.